The van der Waals surface area contributed by atoms with Crippen molar-refractivity contribution < 1.29 is 13.2 Å². The highest BCUT2D eigenvalue weighted by Crippen LogP contribution is 2.19. The summed E-state index contributed by atoms with van der Waals surface area (Å²) in [7, 11) is -1.55. The number of carbonyl (C=O) groups excluding carboxylic acids is 1. The molecule has 126 valence electrons. The van der Waals surface area contributed by atoms with Crippen LogP contribution in [0.2, 0.25) is 0 Å². The first-order valence-electron chi connectivity index (χ1n) is 7.64. The normalized spacial score (nSPS) is 19.1. The zero-order valence-electron chi connectivity index (χ0n) is 13.2. The van der Waals surface area contributed by atoms with Gasteiger partial charge in [-0.25, -0.2) is 8.42 Å². The molecule has 1 aromatic carbocycles. The third-order valence-corrected chi connectivity index (χ3v) is 6.05. The number of H-pyrrole nitrogens is 1. The van der Waals surface area contributed by atoms with Crippen LogP contribution in [0.4, 0.5) is 0 Å². The van der Waals surface area contributed by atoms with Crippen LogP contribution in [-0.2, 0) is 9.84 Å². The first kappa shape index (κ1) is 16.4. The van der Waals surface area contributed by atoms with Gasteiger partial charge in [0, 0.05) is 18.8 Å². The number of hydrogen-bond acceptors (Lipinski definition) is 4. The first-order chi connectivity index (χ1) is 11.4. The predicted molar refractivity (Wildman–Crippen MR) is 91.7 cm³/mol. The number of nitrogens with one attached hydrogen (secondary N) is 1. The highest BCUT2D eigenvalue weighted by atomic mass is 32.2. The molecule has 1 aromatic heterocycles. The van der Waals surface area contributed by atoms with Gasteiger partial charge < -0.3 is 9.88 Å². The molecule has 1 atom stereocenters. The Morgan fingerprint density at radius 1 is 1.17 bits per heavy atom. The van der Waals surface area contributed by atoms with E-state index >= 15 is 0 Å². The number of carbonyl (C=O) groups is 1. The molecular weight excluding hydrogens is 328 g/mol. The largest absolute Gasteiger partial charge is 0.337 e. The lowest BCUT2D eigenvalue weighted by molar-refractivity contribution is 0.0746. The molecule has 7 heteroatoms. The number of pyridine rings is 1. The fraction of sp³-hybridized carbons (Fsp3) is 0.294. The SMILES string of the molecule is CN(C(=O)c1ccc(-c2ccccc2)[nH]c1=O)[C@@H]1CCS(=O)(=O)C1. The topological polar surface area (TPSA) is 87.3 Å². The van der Waals surface area contributed by atoms with Gasteiger partial charge in [-0.05, 0) is 24.1 Å². The van der Waals surface area contributed by atoms with E-state index in [9.17, 15) is 18.0 Å². The summed E-state index contributed by atoms with van der Waals surface area (Å²) in [5.41, 5.74) is 1.02. The molecule has 24 heavy (non-hydrogen) atoms. The molecule has 0 saturated carbocycles. The van der Waals surface area contributed by atoms with E-state index in [-0.39, 0.29) is 23.1 Å². The van der Waals surface area contributed by atoms with E-state index in [0.717, 1.165) is 5.56 Å². The number of aromatic nitrogens is 1. The monoisotopic (exact) mass is 346 g/mol. The van der Waals surface area contributed by atoms with E-state index in [1.54, 1.807) is 13.1 Å². The van der Waals surface area contributed by atoms with Gasteiger partial charge in [0.1, 0.15) is 5.56 Å². The second-order valence-corrected chi connectivity index (χ2v) is 8.18. The number of sulfone groups is 1. The van der Waals surface area contributed by atoms with E-state index in [1.165, 1.54) is 11.0 Å². The summed E-state index contributed by atoms with van der Waals surface area (Å²) in [5.74, 6) is -0.425. The van der Waals surface area contributed by atoms with Crippen molar-refractivity contribution in [2.45, 2.75) is 12.5 Å². The lowest BCUT2D eigenvalue weighted by Gasteiger charge is -2.23. The summed E-state index contributed by atoms with van der Waals surface area (Å²) in [5, 5.41) is 0. The van der Waals surface area contributed by atoms with Crippen molar-refractivity contribution in [1.29, 1.82) is 0 Å². The van der Waals surface area contributed by atoms with E-state index in [2.05, 4.69) is 4.98 Å². The van der Waals surface area contributed by atoms with Gasteiger partial charge in [0.2, 0.25) is 0 Å². The van der Waals surface area contributed by atoms with E-state index in [0.29, 0.717) is 12.1 Å². The lowest BCUT2D eigenvalue weighted by Crippen LogP contribution is -2.40. The van der Waals surface area contributed by atoms with Gasteiger partial charge in [0.25, 0.3) is 11.5 Å². The molecule has 1 amide bonds. The Bertz CT molecular complexity index is 919. The molecular formula is C17H18N2O4S. The fourth-order valence-corrected chi connectivity index (χ4v) is 4.64. The third-order valence-electron chi connectivity index (χ3n) is 4.30. The Morgan fingerprint density at radius 2 is 1.88 bits per heavy atom. The van der Waals surface area contributed by atoms with Crippen molar-refractivity contribution in [3.63, 3.8) is 0 Å². The number of amides is 1. The molecule has 1 fully saturated rings. The standard InChI is InChI=1S/C17H18N2O4S/c1-19(13-9-10-24(22,23)11-13)17(21)14-7-8-15(18-16(14)20)12-5-3-2-4-6-12/h2-8,13H,9-11H2,1H3,(H,18,20)/t13-/m1/s1. The Morgan fingerprint density at radius 3 is 2.46 bits per heavy atom. The van der Waals surface area contributed by atoms with Crippen molar-refractivity contribution in [3.05, 3.63) is 58.4 Å². The average Bonchev–Trinajstić information content (AvgIpc) is 2.94. The molecule has 1 aliphatic rings. The van der Waals surface area contributed by atoms with Crippen LogP contribution in [0.25, 0.3) is 11.3 Å². The second kappa shape index (κ2) is 6.24. The number of aromatic amines is 1. The first-order valence-corrected chi connectivity index (χ1v) is 9.46. The second-order valence-electron chi connectivity index (χ2n) is 5.95. The van der Waals surface area contributed by atoms with E-state index in [4.69, 9.17) is 0 Å². The van der Waals surface area contributed by atoms with Gasteiger partial charge in [0.15, 0.2) is 9.84 Å². The van der Waals surface area contributed by atoms with Crippen molar-refractivity contribution in [1.82, 2.24) is 9.88 Å². The maximum absolute atomic E-state index is 12.5. The van der Waals surface area contributed by atoms with Gasteiger partial charge in [-0.3, -0.25) is 9.59 Å². The van der Waals surface area contributed by atoms with Gasteiger partial charge >= 0.3 is 0 Å². The van der Waals surface area contributed by atoms with E-state index in [1.807, 2.05) is 30.3 Å². The summed E-state index contributed by atoms with van der Waals surface area (Å²) in [6.45, 7) is 0. The average molecular weight is 346 g/mol. The number of benzene rings is 1. The number of rotatable bonds is 3. The Balaban J connectivity index is 1.85. The van der Waals surface area contributed by atoms with Gasteiger partial charge in [-0.1, -0.05) is 30.3 Å². The van der Waals surface area contributed by atoms with Crippen LogP contribution >= 0.6 is 0 Å². The summed E-state index contributed by atoms with van der Waals surface area (Å²) in [4.78, 5) is 28.9. The molecule has 0 aliphatic carbocycles. The molecule has 1 saturated heterocycles. The summed E-state index contributed by atoms with van der Waals surface area (Å²) < 4.78 is 23.1. The Labute approximate surface area is 140 Å². The van der Waals surface area contributed by atoms with Crippen molar-refractivity contribution in [2.75, 3.05) is 18.6 Å². The van der Waals surface area contributed by atoms with Gasteiger partial charge in [0.05, 0.1) is 11.5 Å². The van der Waals surface area contributed by atoms with Gasteiger partial charge in [-0.15, -0.1) is 0 Å². The van der Waals surface area contributed by atoms with Crippen LogP contribution < -0.4 is 5.56 Å². The zero-order valence-corrected chi connectivity index (χ0v) is 14.0. The Hall–Kier alpha value is -2.41. The third kappa shape index (κ3) is 3.26. The fourth-order valence-electron chi connectivity index (χ4n) is 2.86. The smallest absolute Gasteiger partial charge is 0.261 e. The van der Waals surface area contributed by atoms with Crippen LogP contribution in [0.3, 0.4) is 0 Å². The molecule has 0 unspecified atom stereocenters. The quantitative estimate of drug-likeness (QED) is 0.907. The molecule has 1 N–H and O–H groups in total. The van der Waals surface area contributed by atoms with Crippen molar-refractivity contribution >= 4 is 15.7 Å². The molecule has 3 rings (SSSR count). The number of nitrogens with zero attached hydrogens (tertiary/aromatic N) is 1. The van der Waals surface area contributed by atoms with Crippen LogP contribution in [-0.4, -0.2) is 48.8 Å². The van der Waals surface area contributed by atoms with Crippen molar-refractivity contribution in [3.8, 4) is 11.3 Å². The lowest BCUT2D eigenvalue weighted by atomic mass is 10.1. The summed E-state index contributed by atoms with van der Waals surface area (Å²) in [6, 6.07) is 12.1. The Kier molecular flexibility index (Phi) is 4.28. The molecule has 0 radical (unpaired) electrons. The number of hydrogen-bond donors (Lipinski definition) is 1. The van der Waals surface area contributed by atoms with Crippen molar-refractivity contribution in [2.24, 2.45) is 0 Å². The molecule has 1 aliphatic heterocycles. The zero-order chi connectivity index (χ0) is 17.3. The molecule has 0 bridgehead atoms. The molecule has 2 heterocycles. The van der Waals surface area contributed by atoms with E-state index < -0.39 is 21.3 Å². The summed E-state index contributed by atoms with van der Waals surface area (Å²) >= 11 is 0. The highest BCUT2D eigenvalue weighted by Gasteiger charge is 2.33. The molecule has 6 nitrogen and oxygen atoms in total. The molecule has 0 spiro atoms. The van der Waals surface area contributed by atoms with Crippen LogP contribution in [0.1, 0.15) is 16.8 Å². The maximum Gasteiger partial charge on any atom is 0.261 e. The van der Waals surface area contributed by atoms with Gasteiger partial charge in [-0.2, -0.15) is 0 Å². The van der Waals surface area contributed by atoms with Crippen LogP contribution in [0.15, 0.2) is 47.3 Å². The minimum Gasteiger partial charge on any atom is -0.337 e. The minimum atomic E-state index is -3.09. The predicted octanol–water partition coefficient (Wildman–Crippen LogP) is 1.30. The maximum atomic E-state index is 12.5. The highest BCUT2D eigenvalue weighted by molar-refractivity contribution is 7.91. The summed E-state index contributed by atoms with van der Waals surface area (Å²) in [6.07, 6.45) is 0.407. The minimum absolute atomic E-state index is 0.0153. The van der Waals surface area contributed by atoms with Crippen LogP contribution in [0.5, 0.6) is 0 Å². The van der Waals surface area contributed by atoms with Crippen LogP contribution in [0, 0.1) is 0 Å². The molecule has 2 aromatic rings.